The zero-order valence-electron chi connectivity index (χ0n) is 9.82. The lowest BCUT2D eigenvalue weighted by atomic mass is 10.2. The maximum absolute atomic E-state index is 11.0. The second-order valence-corrected chi connectivity index (χ2v) is 4.97. The van der Waals surface area contributed by atoms with E-state index in [0.717, 1.165) is 10.5 Å². The Morgan fingerprint density at radius 1 is 1.11 bits per heavy atom. The Labute approximate surface area is 120 Å². The summed E-state index contributed by atoms with van der Waals surface area (Å²) in [6.07, 6.45) is 0. The average molecular weight is 292 g/mol. The smallest absolute Gasteiger partial charge is 0.258 e. The molecule has 96 valence electrons. The Hall–Kier alpha value is -1.78. The van der Waals surface area contributed by atoms with Gasteiger partial charge in [-0.05, 0) is 11.6 Å². The number of hydrogen-bond donors (Lipinski definition) is 0. The molecule has 0 aliphatic heterocycles. The summed E-state index contributed by atoms with van der Waals surface area (Å²) in [6.45, 7) is 0. The largest absolute Gasteiger partial charge is 0.283 e. The number of nitrogens with zero attached hydrogens (tertiary/aromatic N) is 1. The summed E-state index contributed by atoms with van der Waals surface area (Å²) >= 11 is 7.12. The first kappa shape index (κ1) is 13.6. The van der Waals surface area contributed by atoms with E-state index in [2.05, 4.69) is 0 Å². The Balaban J connectivity index is 2.33. The van der Waals surface area contributed by atoms with Crippen LogP contribution in [0.25, 0.3) is 4.91 Å². The van der Waals surface area contributed by atoms with E-state index < -0.39 is 0 Å². The van der Waals surface area contributed by atoms with E-state index in [1.807, 2.05) is 30.3 Å². The summed E-state index contributed by atoms with van der Waals surface area (Å²) < 4.78 is 0. The van der Waals surface area contributed by atoms with Crippen molar-refractivity contribution in [1.82, 2.24) is 0 Å². The maximum atomic E-state index is 11.0. The highest BCUT2D eigenvalue weighted by atomic mass is 35.5. The third-order valence-corrected chi connectivity index (χ3v) is 3.93. The van der Waals surface area contributed by atoms with Crippen molar-refractivity contribution < 1.29 is 4.92 Å². The van der Waals surface area contributed by atoms with E-state index in [4.69, 9.17) is 11.6 Å². The van der Waals surface area contributed by atoms with Crippen molar-refractivity contribution in [3.63, 3.8) is 0 Å². The van der Waals surface area contributed by atoms with Gasteiger partial charge in [-0.1, -0.05) is 65.8 Å². The fourth-order valence-electron chi connectivity index (χ4n) is 1.56. The Bertz CT molecular complexity index is 614. The van der Waals surface area contributed by atoms with Gasteiger partial charge in [-0.15, -0.1) is 0 Å². The molecule has 0 saturated heterocycles. The molecule has 0 aromatic heterocycles. The topological polar surface area (TPSA) is 43.1 Å². The number of nitro benzene ring substituents is 1. The highest BCUT2D eigenvalue weighted by Gasteiger charge is 2.15. The molecule has 0 N–H and O–H groups in total. The summed E-state index contributed by atoms with van der Waals surface area (Å²) in [6, 6.07) is 16.1. The van der Waals surface area contributed by atoms with Crippen molar-refractivity contribution in [3.8, 4) is 0 Å². The van der Waals surface area contributed by atoms with Crippen molar-refractivity contribution in [2.45, 2.75) is 4.90 Å². The third-order valence-electron chi connectivity index (χ3n) is 2.44. The molecule has 19 heavy (non-hydrogen) atoms. The van der Waals surface area contributed by atoms with Gasteiger partial charge in [0, 0.05) is 16.5 Å². The number of rotatable bonds is 4. The van der Waals surface area contributed by atoms with Crippen LogP contribution < -0.4 is 0 Å². The molecule has 0 bridgehead atoms. The molecule has 0 spiro atoms. The van der Waals surface area contributed by atoms with Crippen molar-refractivity contribution in [1.29, 1.82) is 0 Å². The molecule has 2 aromatic carbocycles. The van der Waals surface area contributed by atoms with Crippen LogP contribution in [0.4, 0.5) is 5.69 Å². The molecular weight excluding hydrogens is 282 g/mol. The number of thioether (sulfide) groups is 1. The number of benzene rings is 2. The molecule has 5 heteroatoms. The van der Waals surface area contributed by atoms with Gasteiger partial charge in [0.1, 0.15) is 0 Å². The van der Waals surface area contributed by atoms with E-state index >= 15 is 0 Å². The molecule has 0 fully saturated rings. The van der Waals surface area contributed by atoms with Gasteiger partial charge in [0.25, 0.3) is 5.69 Å². The SMILES string of the molecule is O=[N+]([O-])c1ccccc1S/C(=C/Cl)c1ccccc1. The predicted octanol–water partition coefficient (Wildman–Crippen LogP) is 4.92. The standard InChI is InChI=1S/C14H10ClNO2S/c15-10-14(11-6-2-1-3-7-11)19-13-9-5-4-8-12(13)16(17)18/h1-10H/b14-10+. The molecule has 0 heterocycles. The number of halogens is 1. The summed E-state index contributed by atoms with van der Waals surface area (Å²) in [5.41, 5.74) is 2.46. The Morgan fingerprint density at radius 2 is 1.74 bits per heavy atom. The van der Waals surface area contributed by atoms with E-state index in [-0.39, 0.29) is 10.6 Å². The average Bonchev–Trinajstić information content (AvgIpc) is 2.46. The van der Waals surface area contributed by atoms with Crippen LogP contribution in [0.3, 0.4) is 0 Å². The van der Waals surface area contributed by atoms with Crippen LogP contribution in [0.1, 0.15) is 5.56 Å². The Morgan fingerprint density at radius 3 is 2.37 bits per heavy atom. The van der Waals surface area contributed by atoms with Gasteiger partial charge in [-0.25, -0.2) is 0 Å². The van der Waals surface area contributed by atoms with Gasteiger partial charge < -0.3 is 0 Å². The van der Waals surface area contributed by atoms with Gasteiger partial charge in [0.15, 0.2) is 0 Å². The van der Waals surface area contributed by atoms with Crippen LogP contribution in [0.5, 0.6) is 0 Å². The van der Waals surface area contributed by atoms with E-state index in [9.17, 15) is 10.1 Å². The van der Waals surface area contributed by atoms with Gasteiger partial charge in [-0.3, -0.25) is 10.1 Å². The summed E-state index contributed by atoms with van der Waals surface area (Å²) in [5, 5.41) is 11.0. The summed E-state index contributed by atoms with van der Waals surface area (Å²) in [5.74, 6) is 0. The van der Waals surface area contributed by atoms with Gasteiger partial charge in [0.2, 0.25) is 0 Å². The quantitative estimate of drug-likeness (QED) is 0.456. The molecular formula is C14H10ClNO2S. The van der Waals surface area contributed by atoms with E-state index in [1.165, 1.54) is 23.4 Å². The number of nitro groups is 1. The van der Waals surface area contributed by atoms with Crippen LogP contribution in [0, 0.1) is 10.1 Å². The lowest BCUT2D eigenvalue weighted by Gasteiger charge is -2.06. The zero-order chi connectivity index (χ0) is 13.7. The zero-order valence-corrected chi connectivity index (χ0v) is 11.4. The van der Waals surface area contributed by atoms with Crippen LogP contribution >= 0.6 is 23.4 Å². The molecule has 0 atom stereocenters. The fourth-order valence-corrected chi connectivity index (χ4v) is 2.75. The van der Waals surface area contributed by atoms with Crippen LogP contribution in [-0.4, -0.2) is 4.92 Å². The van der Waals surface area contributed by atoms with E-state index in [0.29, 0.717) is 4.90 Å². The van der Waals surface area contributed by atoms with Crippen molar-refractivity contribution >= 4 is 34.0 Å². The minimum atomic E-state index is -0.390. The minimum absolute atomic E-state index is 0.0828. The Kier molecular flexibility index (Phi) is 4.60. The second kappa shape index (κ2) is 6.41. The molecule has 0 aliphatic rings. The highest BCUT2D eigenvalue weighted by molar-refractivity contribution is 8.08. The summed E-state index contributed by atoms with van der Waals surface area (Å²) in [4.78, 5) is 11.9. The molecule has 3 nitrogen and oxygen atoms in total. The first-order valence-corrected chi connectivity index (χ1v) is 6.74. The molecule has 0 saturated carbocycles. The van der Waals surface area contributed by atoms with Crippen molar-refractivity contribution in [2.75, 3.05) is 0 Å². The first-order valence-electron chi connectivity index (χ1n) is 5.49. The summed E-state index contributed by atoms with van der Waals surface area (Å²) in [7, 11) is 0. The minimum Gasteiger partial charge on any atom is -0.258 e. The van der Waals surface area contributed by atoms with E-state index in [1.54, 1.807) is 18.2 Å². The normalized spacial score (nSPS) is 11.3. The molecule has 0 aliphatic carbocycles. The molecule has 0 unspecified atom stereocenters. The van der Waals surface area contributed by atoms with Crippen molar-refractivity contribution in [3.05, 3.63) is 75.8 Å². The van der Waals surface area contributed by atoms with Gasteiger partial charge in [0.05, 0.1) is 9.82 Å². The highest BCUT2D eigenvalue weighted by Crippen LogP contribution is 2.39. The lowest BCUT2D eigenvalue weighted by molar-refractivity contribution is -0.387. The third kappa shape index (κ3) is 3.36. The predicted molar refractivity (Wildman–Crippen MR) is 79.2 cm³/mol. The van der Waals surface area contributed by atoms with Crippen LogP contribution in [-0.2, 0) is 0 Å². The van der Waals surface area contributed by atoms with Crippen molar-refractivity contribution in [2.24, 2.45) is 0 Å². The van der Waals surface area contributed by atoms with Gasteiger partial charge >= 0.3 is 0 Å². The van der Waals surface area contributed by atoms with Gasteiger partial charge in [-0.2, -0.15) is 0 Å². The monoisotopic (exact) mass is 291 g/mol. The fraction of sp³-hybridized carbons (Fsp3) is 0. The molecule has 0 radical (unpaired) electrons. The van der Waals surface area contributed by atoms with Crippen LogP contribution in [0.2, 0.25) is 0 Å². The molecule has 2 aromatic rings. The number of para-hydroxylation sites is 1. The molecule has 0 amide bonds. The molecule has 2 rings (SSSR count). The first-order chi connectivity index (χ1) is 9.22. The second-order valence-electron chi connectivity index (χ2n) is 3.67. The van der Waals surface area contributed by atoms with Crippen LogP contribution in [0.15, 0.2) is 65.0 Å². The lowest BCUT2D eigenvalue weighted by Crippen LogP contribution is -1.90. The maximum Gasteiger partial charge on any atom is 0.283 e. The number of hydrogen-bond acceptors (Lipinski definition) is 3.